The molecule has 0 bridgehead atoms. The molecule has 0 spiro atoms. The molecule has 0 saturated heterocycles. The second-order valence-electron chi connectivity index (χ2n) is 7.74. The van der Waals surface area contributed by atoms with Gasteiger partial charge in [-0.1, -0.05) is 24.3 Å². The fraction of sp³-hybridized carbons (Fsp3) is 0.192. The highest BCUT2D eigenvalue weighted by Crippen LogP contribution is 2.15. The lowest BCUT2D eigenvalue weighted by Gasteiger charge is -2.09. The van der Waals surface area contributed by atoms with Gasteiger partial charge in [0.05, 0.1) is 24.5 Å². The van der Waals surface area contributed by atoms with E-state index in [-0.39, 0.29) is 35.4 Å². The number of anilines is 2. The number of nitrogen functional groups attached to an aromatic ring is 1. The average Bonchev–Trinajstić information content (AvgIpc) is 3.32. The summed E-state index contributed by atoms with van der Waals surface area (Å²) in [5.74, 6) is 4.81. The van der Waals surface area contributed by atoms with Crippen LogP contribution in [0.25, 0.3) is 0 Å². The first-order valence-electron chi connectivity index (χ1n) is 11.1. The number of furan rings is 1. The summed E-state index contributed by atoms with van der Waals surface area (Å²) in [6, 6.07) is 10.0. The first-order chi connectivity index (χ1) is 17.8. The SMILES string of the molecule is COC(=O)CCCC=[S-](=O)NC(=O)c1cnc(N)c(C#Cc2cccc(NC(=O)c3occc3C)c2)c1. The zero-order valence-electron chi connectivity index (χ0n) is 20.2. The number of amides is 2. The number of aryl methyl sites for hydroxylation is 1. The molecule has 0 saturated carbocycles. The van der Waals surface area contributed by atoms with E-state index in [1.165, 1.54) is 31.0 Å². The summed E-state index contributed by atoms with van der Waals surface area (Å²) in [6.45, 7) is 1.77. The highest BCUT2D eigenvalue weighted by atomic mass is 32.2. The van der Waals surface area contributed by atoms with Crippen LogP contribution in [0.3, 0.4) is 0 Å². The van der Waals surface area contributed by atoms with Crippen molar-refractivity contribution >= 4 is 45.2 Å². The lowest BCUT2D eigenvalue weighted by Crippen LogP contribution is -2.22. The summed E-state index contributed by atoms with van der Waals surface area (Å²) in [5.41, 5.74) is 8.19. The number of nitrogens with zero attached hydrogens (tertiary/aromatic N) is 1. The topological polar surface area (TPSA) is 154 Å². The molecule has 37 heavy (non-hydrogen) atoms. The minimum Gasteiger partial charge on any atom is -0.469 e. The summed E-state index contributed by atoms with van der Waals surface area (Å²) in [7, 11) is -0.450. The van der Waals surface area contributed by atoms with E-state index in [9.17, 15) is 18.6 Å². The predicted molar refractivity (Wildman–Crippen MR) is 140 cm³/mol. The van der Waals surface area contributed by atoms with E-state index in [2.05, 4.69) is 31.6 Å². The van der Waals surface area contributed by atoms with E-state index in [4.69, 9.17) is 10.2 Å². The van der Waals surface area contributed by atoms with Gasteiger partial charge in [0.25, 0.3) is 5.91 Å². The Labute approximate surface area is 215 Å². The number of hydrogen-bond donors (Lipinski definition) is 3. The number of esters is 1. The number of unbranched alkanes of at least 4 members (excludes halogenated alkanes) is 1. The van der Waals surface area contributed by atoms with Gasteiger partial charge in [-0.05, 0) is 43.7 Å². The maximum atomic E-state index is 12.5. The monoisotopic (exact) mass is 521 g/mol. The van der Waals surface area contributed by atoms with Gasteiger partial charge in [-0.15, -0.1) is 0 Å². The van der Waals surface area contributed by atoms with Crippen LogP contribution < -0.4 is 15.8 Å². The van der Waals surface area contributed by atoms with Crippen LogP contribution >= 0.6 is 0 Å². The molecule has 0 atom stereocenters. The Morgan fingerprint density at radius 1 is 1.19 bits per heavy atom. The third-order valence-electron chi connectivity index (χ3n) is 4.99. The fourth-order valence-corrected chi connectivity index (χ4v) is 3.80. The standard InChI is InChI=1S/C26H25N4O6S/c1-17-11-12-36-23(17)26(33)29-21-7-5-6-18(14-21)9-10-19-15-20(16-28-24(19)27)25(32)30-37(34)13-4-3-8-22(31)35-2/h5-7,11-16H,3-4,8H2,1-2H3,(H2,27,28)(H,29,33)(H,30,32,34)/q-1. The Morgan fingerprint density at radius 3 is 2.73 bits per heavy atom. The molecular weight excluding hydrogens is 496 g/mol. The van der Waals surface area contributed by atoms with Gasteiger partial charge in [-0.25, -0.2) is 4.98 Å². The van der Waals surface area contributed by atoms with E-state index in [0.29, 0.717) is 29.7 Å². The average molecular weight is 522 g/mol. The van der Waals surface area contributed by atoms with Crippen molar-refractivity contribution in [2.24, 2.45) is 0 Å². The zero-order chi connectivity index (χ0) is 26.8. The van der Waals surface area contributed by atoms with Gasteiger partial charge < -0.3 is 29.1 Å². The lowest BCUT2D eigenvalue weighted by molar-refractivity contribution is -0.140. The van der Waals surface area contributed by atoms with Gasteiger partial charge in [-0.2, -0.15) is 15.9 Å². The van der Waals surface area contributed by atoms with Gasteiger partial charge in [0.15, 0.2) is 5.76 Å². The molecule has 0 aliphatic heterocycles. The minimum atomic E-state index is -1.75. The quantitative estimate of drug-likeness (QED) is 0.134. The molecule has 0 radical (unpaired) electrons. The summed E-state index contributed by atoms with van der Waals surface area (Å²) in [4.78, 5) is 40.0. The van der Waals surface area contributed by atoms with Crippen molar-refractivity contribution in [3.05, 3.63) is 76.9 Å². The molecular formula is C26H25N4O6S-. The van der Waals surface area contributed by atoms with Crippen molar-refractivity contribution in [2.45, 2.75) is 26.2 Å². The van der Waals surface area contributed by atoms with E-state index in [0.717, 1.165) is 5.56 Å². The molecule has 11 heteroatoms. The van der Waals surface area contributed by atoms with Crippen molar-refractivity contribution in [1.82, 2.24) is 9.71 Å². The van der Waals surface area contributed by atoms with Crippen LogP contribution in [0.2, 0.25) is 0 Å². The maximum Gasteiger partial charge on any atom is 0.305 e. The maximum absolute atomic E-state index is 12.5. The van der Waals surface area contributed by atoms with Crippen molar-refractivity contribution in [1.29, 1.82) is 0 Å². The van der Waals surface area contributed by atoms with Crippen LogP contribution in [0.4, 0.5) is 11.5 Å². The molecule has 192 valence electrons. The smallest absolute Gasteiger partial charge is 0.305 e. The molecule has 3 aromatic rings. The lowest BCUT2D eigenvalue weighted by atomic mass is 10.1. The van der Waals surface area contributed by atoms with Gasteiger partial charge in [0.2, 0.25) is 5.91 Å². The van der Waals surface area contributed by atoms with Gasteiger partial charge in [0, 0.05) is 29.4 Å². The number of aromatic nitrogens is 1. The van der Waals surface area contributed by atoms with E-state index in [1.54, 1.807) is 37.3 Å². The van der Waals surface area contributed by atoms with Crippen molar-refractivity contribution < 1.29 is 27.7 Å². The Hall–Kier alpha value is -4.56. The molecule has 2 heterocycles. The molecule has 0 aliphatic carbocycles. The van der Waals surface area contributed by atoms with Gasteiger partial charge in [-0.3, -0.25) is 14.4 Å². The fourth-order valence-electron chi connectivity index (χ4n) is 3.04. The largest absolute Gasteiger partial charge is 0.469 e. The molecule has 4 N–H and O–H groups in total. The number of carbonyl (C=O) groups excluding carboxylic acids is 3. The number of nitrogens with one attached hydrogen (secondary N) is 2. The van der Waals surface area contributed by atoms with Crippen LogP contribution in [0.1, 0.15) is 56.9 Å². The van der Waals surface area contributed by atoms with Crippen LogP contribution in [-0.4, -0.2) is 35.2 Å². The predicted octanol–water partition coefficient (Wildman–Crippen LogP) is 2.97. The summed E-state index contributed by atoms with van der Waals surface area (Å²) in [5, 5.41) is 4.15. The summed E-state index contributed by atoms with van der Waals surface area (Å²) >= 11 is 0. The normalized spacial score (nSPS) is 11.2. The summed E-state index contributed by atoms with van der Waals surface area (Å²) < 4.78 is 24.2. The van der Waals surface area contributed by atoms with Crippen LogP contribution in [0.5, 0.6) is 0 Å². The number of nitrogens with two attached hydrogens (primary N) is 1. The first kappa shape index (κ1) is 27.0. The molecule has 0 fully saturated rings. The molecule has 1 aromatic carbocycles. The number of pyridine rings is 1. The Morgan fingerprint density at radius 2 is 2.00 bits per heavy atom. The van der Waals surface area contributed by atoms with Crippen molar-refractivity contribution in [2.75, 3.05) is 18.2 Å². The van der Waals surface area contributed by atoms with E-state index in [1.807, 2.05) is 0 Å². The zero-order valence-corrected chi connectivity index (χ0v) is 21.0. The highest BCUT2D eigenvalue weighted by Gasteiger charge is 2.12. The van der Waals surface area contributed by atoms with E-state index < -0.39 is 16.5 Å². The molecule has 2 amide bonds. The van der Waals surface area contributed by atoms with E-state index >= 15 is 0 Å². The van der Waals surface area contributed by atoms with Crippen LogP contribution in [0, 0.1) is 18.8 Å². The Kier molecular flexibility index (Phi) is 9.46. The highest BCUT2D eigenvalue weighted by molar-refractivity contribution is 7.82. The van der Waals surface area contributed by atoms with Gasteiger partial charge in [0.1, 0.15) is 5.82 Å². The first-order valence-corrected chi connectivity index (χ1v) is 12.3. The Bertz CT molecular complexity index is 1460. The molecule has 2 aromatic heterocycles. The number of methoxy groups -OCH3 is 1. The minimum absolute atomic E-state index is 0.122. The number of rotatable bonds is 8. The number of hydrogen-bond acceptors (Lipinski definition) is 9. The molecule has 0 aliphatic rings. The molecule has 0 unspecified atom stereocenters. The number of carbonyl (C=O) groups is 3. The third kappa shape index (κ3) is 7.98. The van der Waals surface area contributed by atoms with Crippen LogP contribution in [-0.2, 0) is 24.3 Å². The number of ether oxygens (including phenoxy) is 1. The third-order valence-corrected chi connectivity index (χ3v) is 5.91. The Balaban J connectivity index is 1.67. The molecule has 10 nitrogen and oxygen atoms in total. The van der Waals surface area contributed by atoms with Crippen LogP contribution in [0.15, 0.2) is 53.3 Å². The molecule has 3 rings (SSSR count). The van der Waals surface area contributed by atoms with Gasteiger partial charge >= 0.3 is 5.97 Å². The second kappa shape index (κ2) is 12.9. The summed E-state index contributed by atoms with van der Waals surface area (Å²) in [6.07, 6.45) is 3.71. The second-order valence-corrected chi connectivity index (χ2v) is 8.87. The van der Waals surface area contributed by atoms with Crippen molar-refractivity contribution in [3.63, 3.8) is 0 Å². The van der Waals surface area contributed by atoms with Crippen molar-refractivity contribution in [3.8, 4) is 11.8 Å². The number of benzene rings is 1.